The molecule has 1 aromatic heterocycles. The quantitative estimate of drug-likeness (QED) is 0.795. The molecule has 24 heavy (non-hydrogen) atoms. The number of nitrogens with zero attached hydrogens (tertiary/aromatic N) is 1. The first kappa shape index (κ1) is 17.1. The van der Waals surface area contributed by atoms with Gasteiger partial charge in [-0.1, -0.05) is 43.7 Å². The highest BCUT2D eigenvalue weighted by molar-refractivity contribution is 6.33. The van der Waals surface area contributed by atoms with Gasteiger partial charge in [-0.2, -0.15) is 0 Å². The van der Waals surface area contributed by atoms with E-state index in [1.165, 1.54) is 0 Å². The molecule has 0 unspecified atom stereocenters. The number of carbonyl (C=O) groups excluding carboxylic acids is 1. The van der Waals surface area contributed by atoms with Crippen molar-refractivity contribution >= 4 is 40.1 Å². The van der Waals surface area contributed by atoms with E-state index >= 15 is 0 Å². The van der Waals surface area contributed by atoms with Crippen LogP contribution >= 0.6 is 23.2 Å². The molecule has 2 N–H and O–H groups in total. The number of amides is 1. The van der Waals surface area contributed by atoms with Crippen LogP contribution in [-0.2, 0) is 4.79 Å². The molecule has 0 bridgehead atoms. The van der Waals surface area contributed by atoms with E-state index in [1.54, 1.807) is 18.2 Å². The van der Waals surface area contributed by atoms with Crippen molar-refractivity contribution in [3.05, 3.63) is 53.4 Å². The number of imidazole rings is 1. The lowest BCUT2D eigenvalue weighted by Gasteiger charge is -2.25. The SMILES string of the molecule is CC(C)[C@H](NC(=O)[C@@H]1C=CC(Cl)=C[C@@H]1Cl)c1nc2ccccc2[nH]1. The van der Waals surface area contributed by atoms with Crippen LogP contribution < -0.4 is 5.32 Å². The summed E-state index contributed by atoms with van der Waals surface area (Å²) in [6, 6.07) is 7.59. The number of fused-ring (bicyclic) bond motifs is 1. The van der Waals surface area contributed by atoms with Crippen LogP contribution in [0.2, 0.25) is 0 Å². The molecule has 3 atom stereocenters. The predicted molar refractivity (Wildman–Crippen MR) is 98.0 cm³/mol. The average molecular weight is 364 g/mol. The summed E-state index contributed by atoms with van der Waals surface area (Å²) in [4.78, 5) is 20.6. The van der Waals surface area contributed by atoms with Crippen molar-refractivity contribution in [3.8, 4) is 0 Å². The molecule has 1 heterocycles. The van der Waals surface area contributed by atoms with E-state index in [0.717, 1.165) is 16.9 Å². The maximum atomic E-state index is 12.7. The van der Waals surface area contributed by atoms with E-state index in [1.807, 2.05) is 38.1 Å². The van der Waals surface area contributed by atoms with Crippen molar-refractivity contribution < 1.29 is 4.79 Å². The Balaban J connectivity index is 1.82. The molecule has 4 nitrogen and oxygen atoms in total. The number of hydrogen-bond donors (Lipinski definition) is 2. The molecular formula is C18H19Cl2N3O. The van der Waals surface area contributed by atoms with Crippen LogP contribution in [0, 0.1) is 11.8 Å². The number of halogens is 2. The van der Waals surface area contributed by atoms with Crippen molar-refractivity contribution in [1.29, 1.82) is 0 Å². The zero-order chi connectivity index (χ0) is 17.3. The van der Waals surface area contributed by atoms with Gasteiger partial charge >= 0.3 is 0 Å². The third kappa shape index (κ3) is 3.50. The van der Waals surface area contributed by atoms with Crippen LogP contribution in [-0.4, -0.2) is 21.3 Å². The molecule has 1 aliphatic rings. The van der Waals surface area contributed by atoms with Crippen LogP contribution in [0.5, 0.6) is 0 Å². The minimum atomic E-state index is -0.453. The van der Waals surface area contributed by atoms with E-state index in [-0.39, 0.29) is 17.9 Å². The number of aromatic amines is 1. The summed E-state index contributed by atoms with van der Waals surface area (Å²) in [7, 11) is 0. The average Bonchev–Trinajstić information content (AvgIpc) is 2.95. The van der Waals surface area contributed by atoms with Gasteiger partial charge in [0.2, 0.25) is 5.91 Å². The Morgan fingerprint density at radius 1 is 1.33 bits per heavy atom. The van der Waals surface area contributed by atoms with Gasteiger partial charge in [0, 0.05) is 5.03 Å². The molecule has 0 saturated heterocycles. The zero-order valence-corrected chi connectivity index (χ0v) is 15.0. The Hall–Kier alpha value is -1.78. The molecule has 0 radical (unpaired) electrons. The smallest absolute Gasteiger partial charge is 0.229 e. The summed E-state index contributed by atoms with van der Waals surface area (Å²) >= 11 is 12.2. The minimum Gasteiger partial charge on any atom is -0.345 e. The molecule has 0 fully saturated rings. The van der Waals surface area contributed by atoms with Crippen molar-refractivity contribution in [3.63, 3.8) is 0 Å². The van der Waals surface area contributed by atoms with Gasteiger partial charge in [0.05, 0.1) is 28.4 Å². The first-order valence-corrected chi connectivity index (χ1v) is 8.72. The number of hydrogen-bond acceptors (Lipinski definition) is 2. The maximum absolute atomic E-state index is 12.7. The van der Waals surface area contributed by atoms with Crippen LogP contribution in [0.3, 0.4) is 0 Å². The van der Waals surface area contributed by atoms with E-state index in [9.17, 15) is 4.79 Å². The molecule has 1 amide bonds. The second-order valence-corrected chi connectivity index (χ2v) is 7.19. The highest BCUT2D eigenvalue weighted by atomic mass is 35.5. The molecule has 2 aromatic rings. The molecule has 0 aliphatic heterocycles. The van der Waals surface area contributed by atoms with Crippen LogP contribution in [0.4, 0.5) is 0 Å². The van der Waals surface area contributed by atoms with Gasteiger partial charge in [-0.05, 0) is 30.2 Å². The summed E-state index contributed by atoms with van der Waals surface area (Å²) < 4.78 is 0. The van der Waals surface area contributed by atoms with E-state index in [0.29, 0.717) is 5.03 Å². The second-order valence-electron chi connectivity index (χ2n) is 6.25. The topological polar surface area (TPSA) is 57.8 Å². The molecule has 0 spiro atoms. The van der Waals surface area contributed by atoms with Gasteiger partial charge < -0.3 is 10.3 Å². The highest BCUT2D eigenvalue weighted by Gasteiger charge is 2.29. The van der Waals surface area contributed by atoms with E-state index in [2.05, 4.69) is 15.3 Å². The number of alkyl halides is 1. The number of aromatic nitrogens is 2. The van der Waals surface area contributed by atoms with Gasteiger partial charge in [-0.15, -0.1) is 11.6 Å². The molecule has 1 aromatic carbocycles. The normalized spacial score (nSPS) is 21.8. The Labute approximate surface area is 150 Å². The lowest BCUT2D eigenvalue weighted by Crippen LogP contribution is -2.39. The zero-order valence-electron chi connectivity index (χ0n) is 13.5. The van der Waals surface area contributed by atoms with Crippen molar-refractivity contribution in [2.75, 3.05) is 0 Å². The summed E-state index contributed by atoms with van der Waals surface area (Å²) in [5, 5.41) is 3.17. The number of carbonyl (C=O) groups is 1. The standard InChI is InChI=1S/C18H19Cl2N3O/c1-10(2)16(17-21-14-5-3-4-6-15(14)22-17)23-18(24)12-8-7-11(19)9-13(12)20/h3-10,12-13,16H,1-2H3,(H,21,22)(H,23,24)/t12-,13+,16+/m1/s1. The molecule has 126 valence electrons. The Morgan fingerprint density at radius 2 is 2.08 bits per heavy atom. The Morgan fingerprint density at radius 3 is 2.75 bits per heavy atom. The number of allylic oxidation sites excluding steroid dienone is 3. The van der Waals surface area contributed by atoms with E-state index in [4.69, 9.17) is 23.2 Å². The third-order valence-electron chi connectivity index (χ3n) is 4.09. The van der Waals surface area contributed by atoms with Crippen molar-refractivity contribution in [2.45, 2.75) is 25.3 Å². The van der Waals surface area contributed by atoms with Crippen LogP contribution in [0.25, 0.3) is 11.0 Å². The number of para-hydroxylation sites is 2. The van der Waals surface area contributed by atoms with E-state index < -0.39 is 11.3 Å². The van der Waals surface area contributed by atoms with Gasteiger partial charge in [0.15, 0.2) is 0 Å². The summed E-state index contributed by atoms with van der Waals surface area (Å²) in [5.74, 6) is 0.347. The largest absolute Gasteiger partial charge is 0.345 e. The molecule has 0 saturated carbocycles. The Bertz CT molecular complexity index is 776. The summed E-state index contributed by atoms with van der Waals surface area (Å²) in [6.45, 7) is 4.09. The number of benzene rings is 1. The van der Waals surface area contributed by atoms with Gasteiger partial charge in [0.1, 0.15) is 5.82 Å². The van der Waals surface area contributed by atoms with Crippen molar-refractivity contribution in [1.82, 2.24) is 15.3 Å². The fourth-order valence-electron chi connectivity index (χ4n) is 2.77. The van der Waals surface area contributed by atoms with Crippen LogP contribution in [0.15, 0.2) is 47.5 Å². The fraction of sp³-hybridized carbons (Fsp3) is 0.333. The molecule has 6 heteroatoms. The van der Waals surface area contributed by atoms with Gasteiger partial charge in [0.25, 0.3) is 0 Å². The third-order valence-corrected chi connectivity index (χ3v) is 4.74. The first-order valence-electron chi connectivity index (χ1n) is 7.90. The van der Waals surface area contributed by atoms with Crippen LogP contribution in [0.1, 0.15) is 25.7 Å². The number of rotatable bonds is 4. The minimum absolute atomic E-state index is 0.133. The highest BCUT2D eigenvalue weighted by Crippen LogP contribution is 2.27. The summed E-state index contributed by atoms with van der Waals surface area (Å²) in [5.41, 5.74) is 1.84. The van der Waals surface area contributed by atoms with Gasteiger partial charge in [-0.25, -0.2) is 4.98 Å². The predicted octanol–water partition coefficient (Wildman–Crippen LogP) is 4.29. The second kappa shape index (κ2) is 6.99. The fourth-order valence-corrected chi connectivity index (χ4v) is 3.37. The summed E-state index contributed by atoms with van der Waals surface area (Å²) in [6.07, 6.45) is 5.13. The monoisotopic (exact) mass is 363 g/mol. The van der Waals surface area contributed by atoms with Gasteiger partial charge in [-0.3, -0.25) is 4.79 Å². The lowest BCUT2D eigenvalue weighted by molar-refractivity contribution is -0.124. The molecule has 3 rings (SSSR count). The maximum Gasteiger partial charge on any atom is 0.229 e. The molecular weight excluding hydrogens is 345 g/mol. The number of H-pyrrole nitrogens is 1. The first-order chi connectivity index (χ1) is 11.5. The van der Waals surface area contributed by atoms with Crippen molar-refractivity contribution in [2.24, 2.45) is 11.8 Å². The lowest BCUT2D eigenvalue weighted by atomic mass is 9.97. The number of nitrogens with one attached hydrogen (secondary N) is 2. The molecule has 1 aliphatic carbocycles. The Kier molecular flexibility index (Phi) is 4.97.